The van der Waals surface area contributed by atoms with Crippen LogP contribution in [0.25, 0.3) is 6.08 Å². The van der Waals surface area contributed by atoms with Gasteiger partial charge in [0.25, 0.3) is 16.8 Å². The normalized spacial score (nSPS) is 15.1. The van der Waals surface area contributed by atoms with Crippen LogP contribution in [0.5, 0.6) is 0 Å². The summed E-state index contributed by atoms with van der Waals surface area (Å²) in [5, 5.41) is 10.9. The lowest BCUT2D eigenvalue weighted by atomic mass is 10.2. The number of thioether (sulfide) groups is 1. The van der Waals surface area contributed by atoms with E-state index in [1.165, 1.54) is 30.3 Å². The van der Waals surface area contributed by atoms with Crippen molar-refractivity contribution in [3.8, 4) is 0 Å². The summed E-state index contributed by atoms with van der Waals surface area (Å²) >= 11 is 0.828. The molecule has 0 N–H and O–H groups in total. The Morgan fingerprint density at radius 3 is 2.48 bits per heavy atom. The summed E-state index contributed by atoms with van der Waals surface area (Å²) in [5.41, 5.74) is 1.83. The second-order valence-electron chi connectivity index (χ2n) is 6.84. The molecule has 0 radical (unpaired) electrons. The predicted octanol–water partition coefficient (Wildman–Crippen LogP) is 4.82. The molecule has 0 bridgehead atoms. The number of hydrogen-bond donors (Lipinski definition) is 0. The van der Waals surface area contributed by atoms with Crippen LogP contribution < -0.4 is 0 Å². The van der Waals surface area contributed by atoms with Gasteiger partial charge in [0.1, 0.15) is 5.82 Å². The van der Waals surface area contributed by atoms with Crippen molar-refractivity contribution in [2.24, 2.45) is 0 Å². The number of para-hydroxylation sites is 1. The molecule has 2 heterocycles. The number of halogens is 1. The number of hydrogen-bond acceptors (Lipinski definition) is 5. The molecule has 2 amide bonds. The van der Waals surface area contributed by atoms with Crippen LogP contribution in [-0.2, 0) is 17.9 Å². The Bertz CT molecular complexity index is 1200. The van der Waals surface area contributed by atoms with E-state index in [0.29, 0.717) is 16.8 Å². The fraction of sp³-hybridized carbons (Fsp3) is 0.0909. The first kappa shape index (κ1) is 20.5. The third-order valence-electron chi connectivity index (χ3n) is 4.80. The molecule has 0 spiro atoms. The molecule has 1 saturated heterocycles. The molecule has 0 saturated carbocycles. The molecule has 4 rings (SSSR count). The van der Waals surface area contributed by atoms with Crippen LogP contribution in [0.1, 0.15) is 16.8 Å². The van der Waals surface area contributed by atoms with E-state index in [4.69, 9.17) is 0 Å². The summed E-state index contributed by atoms with van der Waals surface area (Å²) in [6, 6.07) is 15.6. The highest BCUT2D eigenvalue weighted by Gasteiger charge is 2.35. The number of carbonyl (C=O) groups excluding carboxylic acids is 2. The highest BCUT2D eigenvalue weighted by molar-refractivity contribution is 8.18. The molecule has 1 aliphatic heterocycles. The van der Waals surface area contributed by atoms with Crippen LogP contribution in [-0.4, -0.2) is 25.5 Å². The van der Waals surface area contributed by atoms with Crippen molar-refractivity contribution in [2.45, 2.75) is 13.1 Å². The van der Waals surface area contributed by atoms with Gasteiger partial charge in [0.2, 0.25) is 0 Å². The predicted molar refractivity (Wildman–Crippen MR) is 115 cm³/mol. The summed E-state index contributed by atoms with van der Waals surface area (Å²) in [6.07, 6.45) is 3.36. The number of rotatable bonds is 6. The van der Waals surface area contributed by atoms with Gasteiger partial charge in [-0.05, 0) is 47.7 Å². The molecule has 1 fully saturated rings. The van der Waals surface area contributed by atoms with E-state index in [0.717, 1.165) is 16.7 Å². The first-order valence-electron chi connectivity index (χ1n) is 9.29. The lowest BCUT2D eigenvalue weighted by Gasteiger charge is -2.12. The van der Waals surface area contributed by atoms with Crippen LogP contribution >= 0.6 is 11.8 Å². The minimum absolute atomic E-state index is 0.0155. The van der Waals surface area contributed by atoms with Crippen molar-refractivity contribution in [1.29, 1.82) is 0 Å². The van der Waals surface area contributed by atoms with Gasteiger partial charge in [0, 0.05) is 23.5 Å². The van der Waals surface area contributed by atoms with E-state index in [2.05, 4.69) is 0 Å². The van der Waals surface area contributed by atoms with E-state index < -0.39 is 21.9 Å². The van der Waals surface area contributed by atoms with Gasteiger partial charge in [0.05, 0.1) is 22.9 Å². The van der Waals surface area contributed by atoms with Crippen LogP contribution in [0.15, 0.2) is 71.8 Å². The molecular weight excluding hydrogens is 421 g/mol. The average Bonchev–Trinajstić information content (AvgIpc) is 3.29. The Balaban J connectivity index is 1.56. The van der Waals surface area contributed by atoms with Gasteiger partial charge in [-0.2, -0.15) is 0 Å². The quantitative estimate of drug-likeness (QED) is 0.314. The van der Waals surface area contributed by atoms with E-state index in [-0.39, 0.29) is 23.7 Å². The third-order valence-corrected chi connectivity index (χ3v) is 5.71. The molecule has 0 aliphatic carbocycles. The van der Waals surface area contributed by atoms with Crippen LogP contribution in [0.3, 0.4) is 0 Å². The first-order valence-corrected chi connectivity index (χ1v) is 10.1. The van der Waals surface area contributed by atoms with Crippen molar-refractivity contribution >= 4 is 34.7 Å². The Labute approximate surface area is 180 Å². The molecular formula is C22H16FN3O4S. The molecule has 1 aliphatic rings. The van der Waals surface area contributed by atoms with Crippen molar-refractivity contribution in [1.82, 2.24) is 9.47 Å². The molecule has 9 heteroatoms. The zero-order valence-corrected chi connectivity index (χ0v) is 16.9. The molecule has 0 unspecified atom stereocenters. The summed E-state index contributed by atoms with van der Waals surface area (Å²) in [5.74, 6) is -0.824. The number of nitro benzene ring substituents is 1. The Kier molecular flexibility index (Phi) is 5.68. The number of nitro groups is 1. The number of nitrogens with zero attached hydrogens (tertiary/aromatic N) is 3. The number of amides is 2. The molecule has 7 nitrogen and oxygen atoms in total. The van der Waals surface area contributed by atoms with Gasteiger partial charge in [0.15, 0.2) is 0 Å². The second kappa shape index (κ2) is 8.57. The molecule has 156 valence electrons. The van der Waals surface area contributed by atoms with Crippen molar-refractivity contribution in [2.75, 3.05) is 0 Å². The molecule has 2 aromatic carbocycles. The SMILES string of the molecule is O=C1S/C(=C\c2cccn2Cc2ccccc2[N+](=O)[O-])C(=O)N1Cc1ccc(F)cc1. The fourth-order valence-corrected chi connectivity index (χ4v) is 4.07. The Morgan fingerprint density at radius 2 is 1.74 bits per heavy atom. The van der Waals surface area contributed by atoms with Gasteiger partial charge in [-0.3, -0.25) is 24.6 Å². The summed E-state index contributed by atoms with van der Waals surface area (Å²) in [6.45, 7) is 0.300. The average molecular weight is 437 g/mol. The maximum atomic E-state index is 13.1. The second-order valence-corrected chi connectivity index (χ2v) is 7.83. The first-order chi connectivity index (χ1) is 14.9. The monoisotopic (exact) mass is 437 g/mol. The Morgan fingerprint density at radius 1 is 1.00 bits per heavy atom. The maximum Gasteiger partial charge on any atom is 0.293 e. The van der Waals surface area contributed by atoms with Gasteiger partial charge in [-0.1, -0.05) is 30.3 Å². The number of carbonyl (C=O) groups is 2. The number of benzene rings is 2. The molecule has 3 aromatic rings. The standard InChI is InChI=1S/C22H16FN3O4S/c23-17-9-7-15(8-10-17)13-25-21(27)20(31-22(25)28)12-18-5-3-11-24(18)14-16-4-1-2-6-19(16)26(29)30/h1-12H,13-14H2/b20-12-. The smallest absolute Gasteiger partial charge is 0.293 e. The summed E-state index contributed by atoms with van der Waals surface area (Å²) < 4.78 is 14.9. The third kappa shape index (κ3) is 4.41. The Hall–Kier alpha value is -3.72. The number of imide groups is 1. The zero-order valence-electron chi connectivity index (χ0n) is 16.1. The van der Waals surface area contributed by atoms with Gasteiger partial charge >= 0.3 is 0 Å². The largest absolute Gasteiger partial charge is 0.343 e. The van der Waals surface area contributed by atoms with Crippen LogP contribution in [0.4, 0.5) is 14.9 Å². The summed E-state index contributed by atoms with van der Waals surface area (Å²) in [7, 11) is 0. The van der Waals surface area contributed by atoms with E-state index in [9.17, 15) is 24.1 Å². The van der Waals surface area contributed by atoms with Crippen LogP contribution in [0, 0.1) is 15.9 Å². The topological polar surface area (TPSA) is 85.5 Å². The van der Waals surface area contributed by atoms with Crippen molar-refractivity contribution in [3.05, 3.63) is 105 Å². The lowest BCUT2D eigenvalue weighted by Crippen LogP contribution is -2.27. The highest BCUT2D eigenvalue weighted by Crippen LogP contribution is 2.33. The zero-order chi connectivity index (χ0) is 22.0. The van der Waals surface area contributed by atoms with Crippen LogP contribution in [0.2, 0.25) is 0 Å². The van der Waals surface area contributed by atoms with E-state index in [1.54, 1.807) is 47.2 Å². The van der Waals surface area contributed by atoms with Gasteiger partial charge in [-0.25, -0.2) is 4.39 Å². The number of aromatic nitrogens is 1. The fourth-order valence-electron chi connectivity index (χ4n) is 3.25. The summed E-state index contributed by atoms with van der Waals surface area (Å²) in [4.78, 5) is 37.3. The van der Waals surface area contributed by atoms with Crippen molar-refractivity contribution in [3.63, 3.8) is 0 Å². The van der Waals surface area contributed by atoms with Gasteiger partial charge < -0.3 is 4.57 Å². The maximum absolute atomic E-state index is 13.1. The molecule has 1 aromatic heterocycles. The minimum atomic E-state index is -0.433. The lowest BCUT2D eigenvalue weighted by molar-refractivity contribution is -0.385. The van der Waals surface area contributed by atoms with E-state index in [1.807, 2.05) is 0 Å². The highest BCUT2D eigenvalue weighted by atomic mass is 32.2. The van der Waals surface area contributed by atoms with Gasteiger partial charge in [-0.15, -0.1) is 0 Å². The van der Waals surface area contributed by atoms with E-state index >= 15 is 0 Å². The minimum Gasteiger partial charge on any atom is -0.343 e. The van der Waals surface area contributed by atoms with Crippen molar-refractivity contribution < 1.29 is 18.9 Å². The molecule has 0 atom stereocenters. The molecule has 31 heavy (non-hydrogen) atoms.